The summed E-state index contributed by atoms with van der Waals surface area (Å²) in [6.45, 7) is 1.94. The molecule has 150 valence electrons. The van der Waals surface area contributed by atoms with Gasteiger partial charge in [-0.05, 0) is 31.2 Å². The quantitative estimate of drug-likeness (QED) is 0.719. The zero-order valence-electron chi connectivity index (χ0n) is 15.6. The molecule has 1 aromatic rings. The van der Waals surface area contributed by atoms with Crippen LogP contribution in [0, 0.1) is 0 Å². The number of anilines is 1. The second-order valence-electron chi connectivity index (χ2n) is 6.89. The Morgan fingerprint density at radius 1 is 1.15 bits per heavy atom. The summed E-state index contributed by atoms with van der Waals surface area (Å²) in [4.78, 5) is 27.8. The molecule has 0 aromatic carbocycles. The van der Waals surface area contributed by atoms with Gasteiger partial charge in [0.2, 0.25) is 15.9 Å². The van der Waals surface area contributed by atoms with Crippen LogP contribution in [0.2, 0.25) is 0 Å². The maximum absolute atomic E-state index is 12.5. The molecule has 1 N–H and O–H groups in total. The SMILES string of the molecule is COC(=O)c1c(NC(=O)CN2CCN(S(C)(=O)=O)CC2)sc2c1CCCC2. The molecule has 0 bridgehead atoms. The van der Waals surface area contributed by atoms with Crippen LogP contribution in [0.4, 0.5) is 5.00 Å². The van der Waals surface area contributed by atoms with Crippen LogP contribution in [0.3, 0.4) is 0 Å². The monoisotopic (exact) mass is 415 g/mol. The molecular weight excluding hydrogens is 390 g/mol. The van der Waals surface area contributed by atoms with E-state index in [-0.39, 0.29) is 12.5 Å². The largest absolute Gasteiger partial charge is 0.465 e. The van der Waals surface area contributed by atoms with Crippen molar-refractivity contribution in [2.45, 2.75) is 25.7 Å². The van der Waals surface area contributed by atoms with E-state index in [1.807, 2.05) is 4.90 Å². The summed E-state index contributed by atoms with van der Waals surface area (Å²) in [6.07, 6.45) is 5.08. The third-order valence-electron chi connectivity index (χ3n) is 4.98. The number of thiophene rings is 1. The number of carbonyl (C=O) groups excluding carboxylic acids is 2. The van der Waals surface area contributed by atoms with Gasteiger partial charge < -0.3 is 10.1 Å². The molecule has 10 heteroatoms. The number of methoxy groups -OCH3 is 1. The third-order valence-corrected chi connectivity index (χ3v) is 7.49. The molecule has 0 radical (unpaired) electrons. The van der Waals surface area contributed by atoms with Gasteiger partial charge in [0.1, 0.15) is 5.00 Å². The topological polar surface area (TPSA) is 96.0 Å². The molecule has 1 amide bonds. The van der Waals surface area contributed by atoms with Gasteiger partial charge in [-0.1, -0.05) is 0 Å². The number of nitrogens with zero attached hydrogens (tertiary/aromatic N) is 2. The molecule has 1 aliphatic carbocycles. The van der Waals surface area contributed by atoms with Gasteiger partial charge in [-0.25, -0.2) is 13.2 Å². The molecule has 8 nitrogen and oxygen atoms in total. The minimum atomic E-state index is -3.19. The summed E-state index contributed by atoms with van der Waals surface area (Å²) in [6, 6.07) is 0. The zero-order valence-corrected chi connectivity index (χ0v) is 17.2. The first kappa shape index (κ1) is 20.2. The molecule has 2 heterocycles. The van der Waals surface area contributed by atoms with Crippen molar-refractivity contribution in [1.82, 2.24) is 9.21 Å². The fourth-order valence-corrected chi connectivity index (χ4v) is 5.68. The number of ether oxygens (including phenoxy) is 1. The van der Waals surface area contributed by atoms with Crippen LogP contribution in [-0.2, 0) is 32.4 Å². The fourth-order valence-electron chi connectivity index (χ4n) is 3.56. The number of fused-ring (bicyclic) bond motifs is 1. The van der Waals surface area contributed by atoms with Gasteiger partial charge in [-0.2, -0.15) is 4.31 Å². The number of nitrogens with one attached hydrogen (secondary N) is 1. The lowest BCUT2D eigenvalue weighted by Crippen LogP contribution is -2.50. The molecule has 0 saturated carbocycles. The predicted octanol–water partition coefficient (Wildman–Crippen LogP) is 0.929. The number of esters is 1. The summed E-state index contributed by atoms with van der Waals surface area (Å²) < 4.78 is 29.5. The number of carbonyl (C=O) groups is 2. The van der Waals surface area contributed by atoms with Crippen molar-refractivity contribution in [1.29, 1.82) is 0 Å². The van der Waals surface area contributed by atoms with Crippen molar-refractivity contribution in [2.24, 2.45) is 0 Å². The number of aryl methyl sites for hydroxylation is 1. The van der Waals surface area contributed by atoms with Gasteiger partial charge in [0, 0.05) is 31.1 Å². The first-order valence-corrected chi connectivity index (χ1v) is 11.7. The van der Waals surface area contributed by atoms with Crippen LogP contribution in [0.1, 0.15) is 33.6 Å². The maximum atomic E-state index is 12.5. The molecule has 0 spiro atoms. The van der Waals surface area contributed by atoms with E-state index in [0.717, 1.165) is 36.1 Å². The zero-order chi connectivity index (χ0) is 19.6. The number of hydrogen-bond acceptors (Lipinski definition) is 7. The van der Waals surface area contributed by atoms with Crippen LogP contribution < -0.4 is 5.32 Å². The number of piperazine rings is 1. The lowest BCUT2D eigenvalue weighted by atomic mass is 9.95. The highest BCUT2D eigenvalue weighted by Crippen LogP contribution is 2.38. The minimum Gasteiger partial charge on any atom is -0.465 e. The second-order valence-corrected chi connectivity index (χ2v) is 9.98. The Bertz CT molecular complexity index is 826. The summed E-state index contributed by atoms with van der Waals surface area (Å²) in [5, 5.41) is 3.44. The van der Waals surface area contributed by atoms with Crippen molar-refractivity contribution in [3.63, 3.8) is 0 Å². The van der Waals surface area contributed by atoms with Crippen molar-refractivity contribution < 1.29 is 22.7 Å². The second kappa shape index (κ2) is 8.26. The van der Waals surface area contributed by atoms with Crippen molar-refractivity contribution in [3.05, 3.63) is 16.0 Å². The average molecular weight is 416 g/mol. The van der Waals surface area contributed by atoms with Gasteiger partial charge in [0.05, 0.1) is 25.5 Å². The molecule has 1 aliphatic heterocycles. The van der Waals surface area contributed by atoms with Crippen LogP contribution in [0.25, 0.3) is 0 Å². The van der Waals surface area contributed by atoms with Crippen molar-refractivity contribution >= 4 is 38.2 Å². The van der Waals surface area contributed by atoms with E-state index in [0.29, 0.717) is 36.7 Å². The summed E-state index contributed by atoms with van der Waals surface area (Å²) in [5.41, 5.74) is 1.50. The standard InChI is InChI=1S/C17H25N3O5S2/c1-25-17(22)15-12-5-3-4-6-13(12)26-16(15)18-14(21)11-19-7-9-20(10-8-19)27(2,23)24/h3-11H2,1-2H3,(H,18,21). The maximum Gasteiger partial charge on any atom is 0.341 e. The van der Waals surface area contributed by atoms with Gasteiger partial charge in [-0.15, -0.1) is 11.3 Å². The highest BCUT2D eigenvalue weighted by Gasteiger charge is 2.28. The Labute approximate surface area is 163 Å². The molecule has 1 aromatic heterocycles. The third kappa shape index (κ3) is 4.68. The number of amides is 1. The number of hydrogen-bond donors (Lipinski definition) is 1. The van der Waals surface area contributed by atoms with E-state index < -0.39 is 16.0 Å². The molecule has 27 heavy (non-hydrogen) atoms. The fraction of sp³-hybridized carbons (Fsp3) is 0.647. The first-order valence-electron chi connectivity index (χ1n) is 8.99. The van der Waals surface area contributed by atoms with Gasteiger partial charge in [0.15, 0.2) is 0 Å². The molecule has 0 unspecified atom stereocenters. The van der Waals surface area contributed by atoms with Crippen LogP contribution in [0.5, 0.6) is 0 Å². The first-order chi connectivity index (χ1) is 12.8. The Balaban J connectivity index is 1.65. The Kier molecular flexibility index (Phi) is 6.19. The van der Waals surface area contributed by atoms with E-state index in [1.54, 1.807) is 0 Å². The van der Waals surface area contributed by atoms with E-state index >= 15 is 0 Å². The van der Waals surface area contributed by atoms with E-state index in [2.05, 4.69) is 5.32 Å². The molecule has 1 saturated heterocycles. The number of rotatable bonds is 5. The Morgan fingerprint density at radius 2 is 1.81 bits per heavy atom. The normalized spacial score (nSPS) is 18.7. The Morgan fingerprint density at radius 3 is 2.44 bits per heavy atom. The van der Waals surface area contributed by atoms with Crippen molar-refractivity contribution in [3.8, 4) is 0 Å². The predicted molar refractivity (Wildman–Crippen MR) is 104 cm³/mol. The molecule has 0 atom stereocenters. The molecule has 1 fully saturated rings. The lowest BCUT2D eigenvalue weighted by Gasteiger charge is -2.32. The highest BCUT2D eigenvalue weighted by molar-refractivity contribution is 7.88. The average Bonchev–Trinajstić information content (AvgIpc) is 2.98. The van der Waals surface area contributed by atoms with E-state index in [9.17, 15) is 18.0 Å². The van der Waals surface area contributed by atoms with E-state index in [1.165, 1.54) is 29.0 Å². The Hall–Kier alpha value is -1.49. The minimum absolute atomic E-state index is 0.167. The molecular formula is C17H25N3O5S2. The van der Waals surface area contributed by atoms with Crippen LogP contribution in [-0.4, -0.2) is 75.6 Å². The smallest absolute Gasteiger partial charge is 0.341 e. The van der Waals surface area contributed by atoms with Crippen LogP contribution >= 0.6 is 11.3 Å². The summed E-state index contributed by atoms with van der Waals surface area (Å²) in [7, 11) is -1.84. The molecule has 2 aliphatic rings. The number of sulfonamides is 1. The van der Waals surface area contributed by atoms with E-state index in [4.69, 9.17) is 4.74 Å². The summed E-state index contributed by atoms with van der Waals surface area (Å²) in [5.74, 6) is -0.613. The van der Waals surface area contributed by atoms with Gasteiger partial charge >= 0.3 is 5.97 Å². The summed E-state index contributed by atoms with van der Waals surface area (Å²) >= 11 is 1.46. The highest BCUT2D eigenvalue weighted by atomic mass is 32.2. The van der Waals surface area contributed by atoms with Crippen molar-refractivity contribution in [2.75, 3.05) is 51.4 Å². The molecule has 3 rings (SSSR count). The lowest BCUT2D eigenvalue weighted by molar-refractivity contribution is -0.117. The van der Waals surface area contributed by atoms with Gasteiger partial charge in [-0.3, -0.25) is 9.69 Å². The van der Waals surface area contributed by atoms with Crippen LogP contribution in [0.15, 0.2) is 0 Å². The van der Waals surface area contributed by atoms with Gasteiger partial charge in [0.25, 0.3) is 0 Å².